The lowest BCUT2D eigenvalue weighted by Crippen LogP contribution is -2.28. The molecule has 0 fully saturated rings. The van der Waals surface area contributed by atoms with Gasteiger partial charge in [0.25, 0.3) is 5.56 Å². The number of nitrogens with one attached hydrogen (secondary N) is 1. The van der Waals surface area contributed by atoms with E-state index in [9.17, 15) is 9.59 Å². The van der Waals surface area contributed by atoms with Crippen molar-refractivity contribution in [2.45, 2.75) is 39.2 Å². The summed E-state index contributed by atoms with van der Waals surface area (Å²) in [5.41, 5.74) is 2.03. The number of imidazole rings is 2. The first-order chi connectivity index (χ1) is 13.1. The monoisotopic (exact) mass is 365 g/mol. The third kappa shape index (κ3) is 2.89. The third-order valence-electron chi connectivity index (χ3n) is 5.02. The van der Waals surface area contributed by atoms with Gasteiger partial charge in [-0.3, -0.25) is 18.7 Å². The van der Waals surface area contributed by atoms with Crippen LogP contribution in [0.15, 0.2) is 46.1 Å². The molecule has 0 aliphatic carbocycles. The number of benzene rings is 1. The molecular weight excluding hydrogens is 342 g/mol. The second-order valence-electron chi connectivity index (χ2n) is 6.86. The number of unbranched alkanes of at least 4 members (excludes halogenated alkanes) is 3. The normalized spacial score (nSPS) is 11.6. The quantitative estimate of drug-likeness (QED) is 0.534. The molecule has 3 heterocycles. The van der Waals surface area contributed by atoms with Crippen molar-refractivity contribution in [1.29, 1.82) is 0 Å². The molecule has 1 aromatic carbocycles. The Bertz CT molecular complexity index is 1210. The molecule has 0 aliphatic heterocycles. The lowest BCUT2D eigenvalue weighted by atomic mass is 10.1. The van der Waals surface area contributed by atoms with Gasteiger partial charge in [-0.05, 0) is 12.0 Å². The fourth-order valence-electron chi connectivity index (χ4n) is 3.56. The Balaban J connectivity index is 1.95. The van der Waals surface area contributed by atoms with E-state index in [0.29, 0.717) is 16.9 Å². The van der Waals surface area contributed by atoms with Crippen molar-refractivity contribution in [3.05, 3.63) is 57.4 Å². The SMILES string of the molecule is CCCCCCn1c(-c2ccccc2)cn2c3c(=O)[nH]c(=O)n(C)c3nc12. The van der Waals surface area contributed by atoms with E-state index in [1.807, 2.05) is 24.4 Å². The molecule has 3 aromatic heterocycles. The van der Waals surface area contributed by atoms with Crippen LogP contribution in [-0.4, -0.2) is 23.5 Å². The minimum absolute atomic E-state index is 0.400. The maximum atomic E-state index is 12.4. The molecule has 0 atom stereocenters. The zero-order chi connectivity index (χ0) is 19.0. The third-order valence-corrected chi connectivity index (χ3v) is 5.02. The first-order valence-electron chi connectivity index (χ1n) is 9.38. The number of fused-ring (bicyclic) bond motifs is 3. The predicted molar refractivity (Wildman–Crippen MR) is 106 cm³/mol. The van der Waals surface area contributed by atoms with Crippen molar-refractivity contribution in [1.82, 2.24) is 23.5 Å². The maximum absolute atomic E-state index is 12.4. The molecule has 0 saturated carbocycles. The Hall–Kier alpha value is -3.09. The van der Waals surface area contributed by atoms with Crippen molar-refractivity contribution in [3.63, 3.8) is 0 Å². The molecule has 0 bridgehead atoms. The molecule has 140 valence electrons. The maximum Gasteiger partial charge on any atom is 0.329 e. The molecule has 0 unspecified atom stereocenters. The summed E-state index contributed by atoms with van der Waals surface area (Å²) < 4.78 is 5.33. The minimum atomic E-state index is -0.453. The van der Waals surface area contributed by atoms with Gasteiger partial charge in [0, 0.05) is 19.8 Å². The highest BCUT2D eigenvalue weighted by Gasteiger charge is 2.19. The van der Waals surface area contributed by atoms with Gasteiger partial charge >= 0.3 is 5.69 Å². The largest absolute Gasteiger partial charge is 0.329 e. The van der Waals surface area contributed by atoms with Crippen LogP contribution < -0.4 is 11.2 Å². The van der Waals surface area contributed by atoms with Crippen molar-refractivity contribution < 1.29 is 0 Å². The lowest BCUT2D eigenvalue weighted by Gasteiger charge is -2.08. The molecule has 0 spiro atoms. The lowest BCUT2D eigenvalue weighted by molar-refractivity contribution is 0.593. The number of hydrogen-bond donors (Lipinski definition) is 1. The average Bonchev–Trinajstić information content (AvgIpc) is 3.21. The molecule has 1 N–H and O–H groups in total. The van der Waals surface area contributed by atoms with Crippen LogP contribution >= 0.6 is 0 Å². The molecule has 4 rings (SSSR count). The van der Waals surface area contributed by atoms with E-state index in [1.54, 1.807) is 11.4 Å². The van der Waals surface area contributed by atoms with Crippen LogP contribution in [0.3, 0.4) is 0 Å². The van der Waals surface area contributed by atoms with Crippen LogP contribution in [-0.2, 0) is 13.6 Å². The average molecular weight is 365 g/mol. The Morgan fingerprint density at radius 3 is 2.59 bits per heavy atom. The number of H-pyrrole nitrogens is 1. The summed E-state index contributed by atoms with van der Waals surface area (Å²) >= 11 is 0. The van der Waals surface area contributed by atoms with Gasteiger partial charge < -0.3 is 4.57 Å². The molecule has 0 saturated heterocycles. The van der Waals surface area contributed by atoms with Crippen LogP contribution in [0.5, 0.6) is 0 Å². The van der Waals surface area contributed by atoms with Crippen LogP contribution in [0.4, 0.5) is 0 Å². The highest BCUT2D eigenvalue weighted by atomic mass is 16.2. The number of rotatable bonds is 6. The Labute approximate surface area is 155 Å². The number of aromatic nitrogens is 5. The van der Waals surface area contributed by atoms with Gasteiger partial charge in [-0.25, -0.2) is 4.79 Å². The van der Waals surface area contributed by atoms with E-state index < -0.39 is 11.2 Å². The minimum Gasteiger partial charge on any atom is -0.310 e. The van der Waals surface area contributed by atoms with E-state index in [2.05, 4.69) is 33.6 Å². The first-order valence-corrected chi connectivity index (χ1v) is 9.38. The number of nitrogens with zero attached hydrogens (tertiary/aromatic N) is 4. The van der Waals surface area contributed by atoms with E-state index in [-0.39, 0.29) is 0 Å². The highest BCUT2D eigenvalue weighted by molar-refractivity contribution is 5.77. The molecule has 7 heteroatoms. The predicted octanol–water partition coefficient (Wildman–Crippen LogP) is 2.92. The molecule has 4 aromatic rings. The molecule has 0 amide bonds. The second-order valence-corrected chi connectivity index (χ2v) is 6.86. The second kappa shape index (κ2) is 6.90. The number of aromatic amines is 1. The molecule has 27 heavy (non-hydrogen) atoms. The topological polar surface area (TPSA) is 77.1 Å². The van der Waals surface area contributed by atoms with E-state index in [4.69, 9.17) is 0 Å². The Morgan fingerprint density at radius 2 is 1.85 bits per heavy atom. The molecule has 7 nitrogen and oxygen atoms in total. The van der Waals surface area contributed by atoms with Crippen LogP contribution in [0.2, 0.25) is 0 Å². The fraction of sp³-hybridized carbons (Fsp3) is 0.350. The summed E-state index contributed by atoms with van der Waals surface area (Å²) in [7, 11) is 1.62. The van der Waals surface area contributed by atoms with Crippen LogP contribution in [0.25, 0.3) is 28.2 Å². The summed E-state index contributed by atoms with van der Waals surface area (Å²) in [5, 5.41) is 0. The van der Waals surface area contributed by atoms with Gasteiger partial charge in [-0.1, -0.05) is 56.5 Å². The highest BCUT2D eigenvalue weighted by Crippen LogP contribution is 2.25. The van der Waals surface area contributed by atoms with E-state index in [0.717, 1.165) is 30.6 Å². The van der Waals surface area contributed by atoms with Crippen LogP contribution in [0, 0.1) is 0 Å². The summed E-state index contributed by atoms with van der Waals surface area (Å²) in [6, 6.07) is 10.1. The van der Waals surface area contributed by atoms with Crippen molar-refractivity contribution in [3.8, 4) is 11.3 Å². The van der Waals surface area contributed by atoms with Gasteiger partial charge in [0.05, 0.1) is 5.69 Å². The zero-order valence-corrected chi connectivity index (χ0v) is 15.6. The van der Waals surface area contributed by atoms with Gasteiger partial charge in [0.2, 0.25) is 5.78 Å². The summed E-state index contributed by atoms with van der Waals surface area (Å²) in [4.78, 5) is 31.4. The summed E-state index contributed by atoms with van der Waals surface area (Å²) in [6.07, 6.45) is 6.50. The van der Waals surface area contributed by atoms with Gasteiger partial charge in [-0.2, -0.15) is 4.98 Å². The van der Waals surface area contributed by atoms with Gasteiger partial charge in [-0.15, -0.1) is 0 Å². The standard InChI is InChI=1S/C20H23N5O2/c1-3-4-5-9-12-24-15(14-10-7-6-8-11-14)13-25-16-17(21-19(24)25)23(2)20(27)22-18(16)26/h6-8,10-11,13H,3-5,9,12H2,1-2H3,(H,22,26,27). The van der Waals surface area contributed by atoms with Crippen molar-refractivity contribution in [2.75, 3.05) is 0 Å². The smallest absolute Gasteiger partial charge is 0.310 e. The van der Waals surface area contributed by atoms with Gasteiger partial charge in [0.15, 0.2) is 11.2 Å². The van der Waals surface area contributed by atoms with E-state index in [1.165, 1.54) is 17.4 Å². The van der Waals surface area contributed by atoms with Gasteiger partial charge in [0.1, 0.15) is 0 Å². The molecule has 0 aliphatic rings. The van der Waals surface area contributed by atoms with Crippen LogP contribution in [0.1, 0.15) is 32.6 Å². The zero-order valence-electron chi connectivity index (χ0n) is 15.6. The molecule has 0 radical (unpaired) electrons. The Kier molecular flexibility index (Phi) is 4.43. The number of aryl methyl sites for hydroxylation is 2. The summed E-state index contributed by atoms with van der Waals surface area (Å²) in [5.74, 6) is 0.687. The summed E-state index contributed by atoms with van der Waals surface area (Å²) in [6.45, 7) is 3.01. The van der Waals surface area contributed by atoms with Crippen molar-refractivity contribution >= 4 is 16.9 Å². The Morgan fingerprint density at radius 1 is 1.07 bits per heavy atom. The van der Waals surface area contributed by atoms with Crippen molar-refractivity contribution in [2.24, 2.45) is 7.05 Å². The number of hydrogen-bond acceptors (Lipinski definition) is 3. The molecular formula is C20H23N5O2. The fourth-order valence-corrected chi connectivity index (χ4v) is 3.56. The van der Waals surface area contributed by atoms with E-state index >= 15 is 0 Å². The first kappa shape index (κ1) is 17.3.